The number of nitrogens with one attached hydrogen (secondary N) is 2. The van der Waals surface area contributed by atoms with Crippen LogP contribution in [0.15, 0.2) is 30.3 Å². The normalized spacial score (nSPS) is 11.6. The molecule has 9 heteroatoms. The number of esters is 1. The van der Waals surface area contributed by atoms with E-state index in [-0.39, 0.29) is 17.1 Å². The van der Waals surface area contributed by atoms with Crippen molar-refractivity contribution in [3.05, 3.63) is 51.8 Å². The first-order chi connectivity index (χ1) is 11.9. The molecule has 0 fully saturated rings. The lowest BCUT2D eigenvalue weighted by atomic mass is 10.2. The second kappa shape index (κ2) is 8.04. The molecule has 0 aliphatic rings. The summed E-state index contributed by atoms with van der Waals surface area (Å²) in [6.07, 6.45) is 0.498. The SMILES string of the molecule is CCCc1cc(C(=O)O[C@@H](C)C(=O)Nc2ccccc2[N+](=O)[O-])n[nH]1. The van der Waals surface area contributed by atoms with Gasteiger partial charge in [-0.3, -0.25) is 20.0 Å². The van der Waals surface area contributed by atoms with Gasteiger partial charge in [0.25, 0.3) is 11.6 Å². The Balaban J connectivity index is 2.00. The molecule has 2 N–H and O–H groups in total. The smallest absolute Gasteiger partial charge is 0.359 e. The number of carbonyl (C=O) groups is 2. The number of ether oxygens (including phenoxy) is 1. The zero-order valence-electron chi connectivity index (χ0n) is 13.8. The van der Waals surface area contributed by atoms with Crippen LogP contribution in [0.4, 0.5) is 11.4 Å². The highest BCUT2D eigenvalue weighted by atomic mass is 16.6. The van der Waals surface area contributed by atoms with E-state index < -0.39 is 22.9 Å². The molecule has 25 heavy (non-hydrogen) atoms. The highest BCUT2D eigenvalue weighted by Gasteiger charge is 2.23. The van der Waals surface area contributed by atoms with Crippen LogP contribution in [0.3, 0.4) is 0 Å². The molecular weight excluding hydrogens is 328 g/mol. The molecule has 0 aliphatic carbocycles. The number of anilines is 1. The molecule has 2 rings (SSSR count). The molecule has 9 nitrogen and oxygen atoms in total. The lowest BCUT2D eigenvalue weighted by Gasteiger charge is -2.12. The fourth-order valence-corrected chi connectivity index (χ4v) is 2.11. The first kappa shape index (κ1) is 18.1. The number of nitro groups is 1. The van der Waals surface area contributed by atoms with Crippen molar-refractivity contribution >= 4 is 23.3 Å². The summed E-state index contributed by atoms with van der Waals surface area (Å²) < 4.78 is 5.06. The van der Waals surface area contributed by atoms with Crippen molar-refractivity contribution < 1.29 is 19.2 Å². The Morgan fingerprint density at radius 2 is 2.12 bits per heavy atom. The summed E-state index contributed by atoms with van der Waals surface area (Å²) in [7, 11) is 0. The third-order valence-corrected chi connectivity index (χ3v) is 3.37. The van der Waals surface area contributed by atoms with Gasteiger partial charge in [-0.05, 0) is 25.5 Å². The molecule has 132 valence electrons. The van der Waals surface area contributed by atoms with Gasteiger partial charge in [0, 0.05) is 11.8 Å². The minimum atomic E-state index is -1.14. The van der Waals surface area contributed by atoms with E-state index in [1.54, 1.807) is 12.1 Å². The maximum atomic E-state index is 12.1. The van der Waals surface area contributed by atoms with Crippen molar-refractivity contribution in [2.45, 2.75) is 32.8 Å². The molecule has 1 amide bonds. The van der Waals surface area contributed by atoms with Gasteiger partial charge in [-0.15, -0.1) is 0 Å². The van der Waals surface area contributed by atoms with Crippen LogP contribution in [-0.2, 0) is 16.0 Å². The molecule has 1 atom stereocenters. The molecule has 0 saturated heterocycles. The third kappa shape index (κ3) is 4.63. The molecule has 0 bridgehead atoms. The van der Waals surface area contributed by atoms with E-state index in [9.17, 15) is 19.7 Å². The molecule has 0 aliphatic heterocycles. The van der Waals surface area contributed by atoms with Gasteiger partial charge in [0.2, 0.25) is 0 Å². The number of rotatable bonds is 7. The average Bonchev–Trinajstić information content (AvgIpc) is 3.04. The molecule has 1 heterocycles. The monoisotopic (exact) mass is 346 g/mol. The molecule has 0 unspecified atom stereocenters. The van der Waals surface area contributed by atoms with Crippen LogP contribution < -0.4 is 5.32 Å². The highest BCUT2D eigenvalue weighted by molar-refractivity contribution is 5.98. The van der Waals surface area contributed by atoms with Crippen molar-refractivity contribution in [1.82, 2.24) is 10.2 Å². The number of nitro benzene ring substituents is 1. The van der Waals surface area contributed by atoms with Crippen LogP contribution >= 0.6 is 0 Å². The van der Waals surface area contributed by atoms with Crippen molar-refractivity contribution in [1.29, 1.82) is 0 Å². The molecule has 1 aromatic heterocycles. The Hall–Kier alpha value is -3.23. The maximum absolute atomic E-state index is 12.1. The Bertz CT molecular complexity index is 786. The second-order valence-corrected chi connectivity index (χ2v) is 5.34. The summed E-state index contributed by atoms with van der Waals surface area (Å²) in [5, 5.41) is 19.9. The topological polar surface area (TPSA) is 127 Å². The predicted octanol–water partition coefficient (Wildman–Crippen LogP) is 2.45. The second-order valence-electron chi connectivity index (χ2n) is 5.34. The Kier molecular flexibility index (Phi) is 5.83. The van der Waals surface area contributed by atoms with E-state index >= 15 is 0 Å². The van der Waals surface area contributed by atoms with Crippen molar-refractivity contribution in [2.75, 3.05) is 5.32 Å². The Morgan fingerprint density at radius 1 is 1.40 bits per heavy atom. The van der Waals surface area contributed by atoms with Gasteiger partial charge in [-0.25, -0.2) is 4.79 Å². The van der Waals surface area contributed by atoms with Gasteiger partial charge < -0.3 is 10.1 Å². The van der Waals surface area contributed by atoms with E-state index in [4.69, 9.17) is 4.74 Å². The highest BCUT2D eigenvalue weighted by Crippen LogP contribution is 2.23. The molecule has 0 saturated carbocycles. The number of nitrogens with zero attached hydrogens (tertiary/aromatic N) is 2. The number of aromatic amines is 1. The van der Waals surface area contributed by atoms with Crippen LogP contribution in [0, 0.1) is 10.1 Å². The van der Waals surface area contributed by atoms with Crippen LogP contribution in [0.2, 0.25) is 0 Å². The summed E-state index contributed by atoms with van der Waals surface area (Å²) in [4.78, 5) is 34.5. The molecule has 2 aromatic rings. The van der Waals surface area contributed by atoms with Gasteiger partial charge in [0.1, 0.15) is 5.69 Å². The fraction of sp³-hybridized carbons (Fsp3) is 0.312. The van der Waals surface area contributed by atoms with Crippen molar-refractivity contribution in [2.24, 2.45) is 0 Å². The Labute approximate surface area is 143 Å². The van der Waals surface area contributed by atoms with Gasteiger partial charge in [-0.1, -0.05) is 25.5 Å². The third-order valence-electron chi connectivity index (χ3n) is 3.37. The summed E-state index contributed by atoms with van der Waals surface area (Å²) >= 11 is 0. The quantitative estimate of drug-likeness (QED) is 0.450. The largest absolute Gasteiger partial charge is 0.448 e. The van der Waals surface area contributed by atoms with Crippen LogP contribution in [0.5, 0.6) is 0 Å². The number of aryl methyl sites for hydroxylation is 1. The predicted molar refractivity (Wildman–Crippen MR) is 89.2 cm³/mol. The molecule has 0 radical (unpaired) electrons. The van der Waals surface area contributed by atoms with E-state index in [0.29, 0.717) is 0 Å². The standard InChI is InChI=1S/C16H18N4O5/c1-3-6-11-9-13(19-18-11)16(22)25-10(2)15(21)17-12-7-4-5-8-14(12)20(23)24/h4-5,7-10H,3,6H2,1-2H3,(H,17,21)(H,18,19)/t10-/m0/s1. The van der Waals surface area contributed by atoms with Crippen LogP contribution in [-0.4, -0.2) is 33.1 Å². The van der Waals surface area contributed by atoms with Crippen molar-refractivity contribution in [3.8, 4) is 0 Å². The summed E-state index contributed by atoms with van der Waals surface area (Å²) in [5.41, 5.74) is 0.663. The number of carbonyl (C=O) groups excluding carboxylic acids is 2. The lowest BCUT2D eigenvalue weighted by molar-refractivity contribution is -0.383. The van der Waals surface area contributed by atoms with Gasteiger partial charge in [0.15, 0.2) is 11.8 Å². The van der Waals surface area contributed by atoms with Gasteiger partial charge >= 0.3 is 5.97 Å². The molecule has 1 aromatic carbocycles. The maximum Gasteiger partial charge on any atom is 0.359 e. The summed E-state index contributed by atoms with van der Waals surface area (Å²) in [6.45, 7) is 3.37. The minimum absolute atomic E-state index is 0.0328. The number of hydrogen-bond acceptors (Lipinski definition) is 6. The number of aromatic nitrogens is 2. The number of H-pyrrole nitrogens is 1. The van der Waals surface area contributed by atoms with Crippen LogP contribution in [0.25, 0.3) is 0 Å². The zero-order valence-corrected chi connectivity index (χ0v) is 13.8. The summed E-state index contributed by atoms with van der Waals surface area (Å²) in [5.74, 6) is -1.42. The van der Waals surface area contributed by atoms with Crippen molar-refractivity contribution in [3.63, 3.8) is 0 Å². The first-order valence-corrected chi connectivity index (χ1v) is 7.72. The van der Waals surface area contributed by atoms with Gasteiger partial charge in [-0.2, -0.15) is 5.10 Å². The van der Waals surface area contributed by atoms with E-state index in [0.717, 1.165) is 18.5 Å². The van der Waals surface area contributed by atoms with E-state index in [1.165, 1.54) is 25.1 Å². The first-order valence-electron chi connectivity index (χ1n) is 7.72. The van der Waals surface area contributed by atoms with E-state index in [2.05, 4.69) is 15.5 Å². The Morgan fingerprint density at radius 3 is 2.80 bits per heavy atom. The summed E-state index contributed by atoms with van der Waals surface area (Å²) in [6, 6.07) is 7.28. The number of hydrogen-bond donors (Lipinski definition) is 2. The van der Waals surface area contributed by atoms with Gasteiger partial charge in [0.05, 0.1) is 4.92 Å². The minimum Gasteiger partial charge on any atom is -0.448 e. The number of para-hydroxylation sites is 2. The fourth-order valence-electron chi connectivity index (χ4n) is 2.11. The molecule has 0 spiro atoms. The lowest BCUT2D eigenvalue weighted by Crippen LogP contribution is -2.30. The number of amides is 1. The van der Waals surface area contributed by atoms with E-state index in [1.807, 2.05) is 6.92 Å². The molecular formula is C16H18N4O5. The van der Waals surface area contributed by atoms with Crippen LogP contribution in [0.1, 0.15) is 36.5 Å². The average molecular weight is 346 g/mol. The zero-order chi connectivity index (χ0) is 18.4. The number of benzene rings is 1.